The molecule has 4 heteroatoms. The van der Waals surface area contributed by atoms with E-state index in [9.17, 15) is 5.11 Å². The molecular formula is C8H5BrN2O. The van der Waals surface area contributed by atoms with E-state index in [0.717, 1.165) is 5.39 Å². The van der Waals surface area contributed by atoms with Gasteiger partial charge in [0.05, 0.1) is 0 Å². The first kappa shape index (κ1) is 7.49. The van der Waals surface area contributed by atoms with Gasteiger partial charge in [-0.3, -0.25) is 0 Å². The molecule has 2 rings (SSSR count). The molecule has 0 saturated carbocycles. The highest BCUT2D eigenvalue weighted by Crippen LogP contribution is 2.25. The fourth-order valence-corrected chi connectivity index (χ4v) is 1.48. The van der Waals surface area contributed by atoms with Gasteiger partial charge in [0.15, 0.2) is 0 Å². The standard InChI is InChI=1S/C8H5BrN2O/c9-7-5-3-1-2-4-6(5)8(12)11-10-7/h1-4H,(H,11,12). The van der Waals surface area contributed by atoms with E-state index in [2.05, 4.69) is 26.1 Å². The van der Waals surface area contributed by atoms with Crippen LogP contribution in [-0.2, 0) is 0 Å². The molecule has 1 aromatic carbocycles. The summed E-state index contributed by atoms with van der Waals surface area (Å²) in [5, 5.41) is 18.2. The largest absolute Gasteiger partial charge is 0.492 e. The van der Waals surface area contributed by atoms with E-state index >= 15 is 0 Å². The van der Waals surface area contributed by atoms with Gasteiger partial charge in [-0.15, -0.1) is 10.2 Å². The molecule has 0 amide bonds. The Bertz CT molecular complexity index is 390. The Morgan fingerprint density at radius 1 is 1.08 bits per heavy atom. The Hall–Kier alpha value is -1.16. The van der Waals surface area contributed by atoms with E-state index in [1.54, 1.807) is 6.07 Å². The molecule has 12 heavy (non-hydrogen) atoms. The zero-order valence-electron chi connectivity index (χ0n) is 6.03. The summed E-state index contributed by atoms with van der Waals surface area (Å²) < 4.78 is 0.649. The van der Waals surface area contributed by atoms with Crippen LogP contribution < -0.4 is 0 Å². The first-order valence-corrected chi connectivity index (χ1v) is 4.18. The number of fused-ring (bicyclic) bond motifs is 1. The minimum atomic E-state index is -0.0335. The van der Waals surface area contributed by atoms with Gasteiger partial charge in [0.2, 0.25) is 5.88 Å². The molecule has 60 valence electrons. The number of nitrogens with zero attached hydrogens (tertiary/aromatic N) is 2. The van der Waals surface area contributed by atoms with Crippen molar-refractivity contribution in [3.05, 3.63) is 28.9 Å². The van der Waals surface area contributed by atoms with Crippen LogP contribution in [0.25, 0.3) is 10.8 Å². The maximum atomic E-state index is 9.30. The lowest BCUT2D eigenvalue weighted by atomic mass is 10.2. The van der Waals surface area contributed by atoms with E-state index < -0.39 is 0 Å². The smallest absolute Gasteiger partial charge is 0.239 e. The van der Waals surface area contributed by atoms with Gasteiger partial charge in [-0.25, -0.2) is 0 Å². The minimum absolute atomic E-state index is 0.0335. The summed E-state index contributed by atoms with van der Waals surface area (Å²) >= 11 is 3.25. The molecule has 0 aliphatic carbocycles. The van der Waals surface area contributed by atoms with Gasteiger partial charge in [0.25, 0.3) is 0 Å². The second-order valence-electron chi connectivity index (χ2n) is 2.36. The Balaban J connectivity index is 2.95. The lowest BCUT2D eigenvalue weighted by Crippen LogP contribution is -1.85. The van der Waals surface area contributed by atoms with Crippen molar-refractivity contribution in [1.29, 1.82) is 0 Å². The number of hydrogen-bond acceptors (Lipinski definition) is 3. The lowest BCUT2D eigenvalue weighted by molar-refractivity contribution is 0.452. The second kappa shape index (κ2) is 2.71. The molecule has 0 unspecified atom stereocenters. The highest BCUT2D eigenvalue weighted by atomic mass is 79.9. The van der Waals surface area contributed by atoms with Crippen LogP contribution in [0.2, 0.25) is 0 Å². The van der Waals surface area contributed by atoms with Crippen molar-refractivity contribution >= 4 is 26.7 Å². The third-order valence-corrected chi connectivity index (χ3v) is 2.21. The van der Waals surface area contributed by atoms with E-state index in [1.165, 1.54) is 0 Å². The molecule has 0 radical (unpaired) electrons. The molecule has 0 atom stereocenters. The molecule has 0 aliphatic rings. The SMILES string of the molecule is Oc1nnc(Br)c2ccccc12. The van der Waals surface area contributed by atoms with Crippen molar-refractivity contribution in [1.82, 2.24) is 10.2 Å². The lowest BCUT2D eigenvalue weighted by Gasteiger charge is -1.98. The number of aromatic hydroxyl groups is 1. The molecular weight excluding hydrogens is 220 g/mol. The summed E-state index contributed by atoms with van der Waals surface area (Å²) in [5.41, 5.74) is 0. The summed E-state index contributed by atoms with van der Waals surface area (Å²) in [4.78, 5) is 0. The zero-order chi connectivity index (χ0) is 8.55. The number of hydrogen-bond donors (Lipinski definition) is 1. The topological polar surface area (TPSA) is 46.0 Å². The third-order valence-electron chi connectivity index (χ3n) is 1.62. The van der Waals surface area contributed by atoms with Crippen molar-refractivity contribution in [2.45, 2.75) is 0 Å². The average molecular weight is 225 g/mol. The van der Waals surface area contributed by atoms with Crippen LogP contribution in [0.3, 0.4) is 0 Å². The number of halogens is 1. The number of rotatable bonds is 0. The Morgan fingerprint density at radius 3 is 2.42 bits per heavy atom. The third kappa shape index (κ3) is 1.04. The monoisotopic (exact) mass is 224 g/mol. The molecule has 1 aromatic heterocycles. The number of benzene rings is 1. The summed E-state index contributed by atoms with van der Waals surface area (Å²) in [6.45, 7) is 0. The first-order chi connectivity index (χ1) is 5.79. The predicted octanol–water partition coefficient (Wildman–Crippen LogP) is 2.10. The molecule has 1 N–H and O–H groups in total. The van der Waals surface area contributed by atoms with Crippen LogP contribution in [0.1, 0.15) is 0 Å². The van der Waals surface area contributed by atoms with Gasteiger partial charge in [-0.2, -0.15) is 0 Å². The highest BCUT2D eigenvalue weighted by Gasteiger charge is 2.03. The maximum Gasteiger partial charge on any atom is 0.239 e. The molecule has 0 aliphatic heterocycles. The van der Waals surface area contributed by atoms with Gasteiger partial charge in [-0.05, 0) is 22.0 Å². The maximum absolute atomic E-state index is 9.30. The van der Waals surface area contributed by atoms with Gasteiger partial charge >= 0.3 is 0 Å². The average Bonchev–Trinajstić information content (AvgIpc) is 2.12. The van der Waals surface area contributed by atoms with Gasteiger partial charge in [0.1, 0.15) is 4.60 Å². The van der Waals surface area contributed by atoms with E-state index in [0.29, 0.717) is 9.99 Å². The second-order valence-corrected chi connectivity index (χ2v) is 3.11. The fraction of sp³-hybridized carbons (Fsp3) is 0. The molecule has 0 fully saturated rings. The molecule has 0 spiro atoms. The Labute approximate surface area is 77.2 Å². The molecule has 0 saturated heterocycles. The highest BCUT2D eigenvalue weighted by molar-refractivity contribution is 9.10. The summed E-state index contributed by atoms with van der Waals surface area (Å²) in [6.07, 6.45) is 0. The van der Waals surface area contributed by atoms with E-state index in [4.69, 9.17) is 0 Å². The van der Waals surface area contributed by atoms with E-state index in [-0.39, 0.29) is 5.88 Å². The minimum Gasteiger partial charge on any atom is -0.492 e. The van der Waals surface area contributed by atoms with Crippen LogP contribution in [0, 0.1) is 0 Å². The Kier molecular flexibility index (Phi) is 1.69. The van der Waals surface area contributed by atoms with Crippen molar-refractivity contribution in [3.8, 4) is 5.88 Å². The normalized spacial score (nSPS) is 10.4. The van der Waals surface area contributed by atoms with Crippen LogP contribution in [0.5, 0.6) is 5.88 Å². The van der Waals surface area contributed by atoms with Crippen molar-refractivity contribution in [2.24, 2.45) is 0 Å². The Morgan fingerprint density at radius 2 is 1.75 bits per heavy atom. The van der Waals surface area contributed by atoms with Crippen LogP contribution >= 0.6 is 15.9 Å². The van der Waals surface area contributed by atoms with Crippen molar-refractivity contribution in [3.63, 3.8) is 0 Å². The molecule has 2 aromatic rings. The summed E-state index contributed by atoms with van der Waals surface area (Å²) in [5.74, 6) is -0.0335. The first-order valence-electron chi connectivity index (χ1n) is 3.39. The van der Waals surface area contributed by atoms with E-state index in [1.807, 2.05) is 18.2 Å². The quantitative estimate of drug-likeness (QED) is 0.746. The summed E-state index contributed by atoms with van der Waals surface area (Å²) in [7, 11) is 0. The van der Waals surface area contributed by atoms with Crippen molar-refractivity contribution < 1.29 is 5.11 Å². The van der Waals surface area contributed by atoms with Gasteiger partial charge in [0, 0.05) is 10.8 Å². The molecule has 0 bridgehead atoms. The molecule has 1 heterocycles. The van der Waals surface area contributed by atoms with Crippen molar-refractivity contribution in [2.75, 3.05) is 0 Å². The summed E-state index contributed by atoms with van der Waals surface area (Å²) in [6, 6.07) is 7.39. The van der Waals surface area contributed by atoms with Crippen LogP contribution in [0.15, 0.2) is 28.9 Å². The number of aromatic nitrogens is 2. The molecule has 3 nitrogen and oxygen atoms in total. The zero-order valence-corrected chi connectivity index (χ0v) is 7.62. The van der Waals surface area contributed by atoms with Crippen LogP contribution in [0.4, 0.5) is 0 Å². The fourth-order valence-electron chi connectivity index (χ4n) is 1.06. The van der Waals surface area contributed by atoms with Gasteiger partial charge in [-0.1, -0.05) is 18.2 Å². The van der Waals surface area contributed by atoms with Crippen LogP contribution in [-0.4, -0.2) is 15.3 Å². The van der Waals surface area contributed by atoms with Gasteiger partial charge < -0.3 is 5.11 Å². The predicted molar refractivity (Wildman–Crippen MR) is 48.9 cm³/mol.